The molecule has 0 aliphatic carbocycles. The lowest BCUT2D eigenvalue weighted by atomic mass is 10.2. The van der Waals surface area contributed by atoms with Gasteiger partial charge in [0.05, 0.1) is 24.8 Å². The number of aliphatic hydroxyl groups is 1. The molecule has 3 heterocycles. The summed E-state index contributed by atoms with van der Waals surface area (Å²) in [6, 6.07) is 6.33. The molecule has 1 atom stereocenters. The fourth-order valence-electron chi connectivity index (χ4n) is 2.64. The molecule has 1 N–H and O–H groups in total. The number of carbonyl (C=O) groups is 1. The van der Waals surface area contributed by atoms with Crippen LogP contribution in [0, 0.1) is 0 Å². The van der Waals surface area contributed by atoms with Gasteiger partial charge in [0, 0.05) is 24.3 Å². The summed E-state index contributed by atoms with van der Waals surface area (Å²) in [5.74, 6) is -3.40. The molecule has 1 aliphatic rings. The quantitative estimate of drug-likeness (QED) is 0.911. The van der Waals surface area contributed by atoms with Crippen LogP contribution in [0.15, 0.2) is 36.7 Å². The number of rotatable bonds is 2. The van der Waals surface area contributed by atoms with Crippen LogP contribution in [-0.4, -0.2) is 45.4 Å². The molecule has 2 aromatic heterocycles. The molecule has 6 heteroatoms. The van der Waals surface area contributed by atoms with Crippen LogP contribution in [0.5, 0.6) is 0 Å². The first kappa shape index (κ1) is 13.1. The number of pyridine rings is 1. The molecule has 0 saturated carbocycles. The average molecular weight is 280 g/mol. The molecular weight excluding hydrogens is 266 g/mol. The van der Waals surface area contributed by atoms with Gasteiger partial charge in [-0.15, -0.1) is 0 Å². The first-order valence-corrected chi connectivity index (χ1v) is 6.36. The highest BCUT2D eigenvalue weighted by atomic mass is 19.3. The topological polar surface area (TPSA) is 45.0 Å². The van der Waals surface area contributed by atoms with Gasteiger partial charge in [0.1, 0.15) is 0 Å². The molecule has 0 bridgehead atoms. The number of alkyl halides is 2. The Labute approximate surface area is 114 Å². The third-order valence-corrected chi connectivity index (χ3v) is 3.60. The minimum Gasteiger partial charge on any atom is -0.394 e. The molecule has 1 aliphatic heterocycles. The number of halogens is 2. The number of hydrogen-bond donors (Lipinski definition) is 1. The molecule has 0 radical (unpaired) electrons. The summed E-state index contributed by atoms with van der Waals surface area (Å²) in [4.78, 5) is 13.4. The number of aliphatic hydroxyl groups excluding tert-OH is 1. The van der Waals surface area contributed by atoms with Crippen LogP contribution in [0.1, 0.15) is 16.8 Å². The third-order valence-electron chi connectivity index (χ3n) is 3.60. The van der Waals surface area contributed by atoms with Crippen LogP contribution >= 0.6 is 0 Å². The van der Waals surface area contributed by atoms with Gasteiger partial charge in [0.25, 0.3) is 11.8 Å². The maximum absolute atomic E-state index is 13.4. The van der Waals surface area contributed by atoms with E-state index in [9.17, 15) is 18.7 Å². The molecule has 1 amide bonds. The van der Waals surface area contributed by atoms with E-state index in [1.54, 1.807) is 22.9 Å². The average Bonchev–Trinajstić information content (AvgIpc) is 2.98. The van der Waals surface area contributed by atoms with E-state index in [4.69, 9.17) is 0 Å². The van der Waals surface area contributed by atoms with Crippen LogP contribution in [0.4, 0.5) is 8.78 Å². The zero-order chi connectivity index (χ0) is 14.3. The Balaban J connectivity index is 1.91. The monoisotopic (exact) mass is 280 g/mol. The van der Waals surface area contributed by atoms with Crippen molar-refractivity contribution in [2.75, 3.05) is 13.2 Å². The highest BCUT2D eigenvalue weighted by Crippen LogP contribution is 2.33. The van der Waals surface area contributed by atoms with Crippen LogP contribution in [0.3, 0.4) is 0 Å². The van der Waals surface area contributed by atoms with Crippen molar-refractivity contribution in [3.05, 3.63) is 42.2 Å². The van der Waals surface area contributed by atoms with Gasteiger partial charge < -0.3 is 14.4 Å². The smallest absolute Gasteiger partial charge is 0.267 e. The molecule has 1 fully saturated rings. The zero-order valence-corrected chi connectivity index (χ0v) is 10.7. The van der Waals surface area contributed by atoms with Crippen LogP contribution in [-0.2, 0) is 0 Å². The third kappa shape index (κ3) is 2.16. The molecule has 0 aromatic carbocycles. The van der Waals surface area contributed by atoms with E-state index in [2.05, 4.69) is 0 Å². The lowest BCUT2D eigenvalue weighted by Crippen LogP contribution is -2.38. The highest BCUT2D eigenvalue weighted by Gasteiger charge is 2.46. The molecule has 2 aromatic rings. The Hall–Kier alpha value is -1.95. The molecule has 4 nitrogen and oxygen atoms in total. The first-order valence-electron chi connectivity index (χ1n) is 6.36. The fraction of sp³-hybridized carbons (Fsp3) is 0.357. The van der Waals surface area contributed by atoms with E-state index in [1.165, 1.54) is 0 Å². The molecule has 20 heavy (non-hydrogen) atoms. The number of fused-ring (bicyclic) bond motifs is 1. The predicted octanol–water partition coefficient (Wildman–Crippen LogP) is 1.78. The number of likely N-dealkylation sites (tertiary alicyclic amines) is 1. The lowest BCUT2D eigenvalue weighted by Gasteiger charge is -2.21. The van der Waals surface area contributed by atoms with Crippen molar-refractivity contribution in [2.45, 2.75) is 18.4 Å². The summed E-state index contributed by atoms with van der Waals surface area (Å²) < 4.78 is 28.6. The molecule has 1 unspecified atom stereocenters. The first-order chi connectivity index (χ1) is 9.50. The molecule has 3 rings (SSSR count). The minimum atomic E-state index is -2.93. The van der Waals surface area contributed by atoms with E-state index in [-0.39, 0.29) is 0 Å². The second-order valence-electron chi connectivity index (χ2n) is 5.09. The summed E-state index contributed by atoms with van der Waals surface area (Å²) in [7, 11) is 0. The van der Waals surface area contributed by atoms with Gasteiger partial charge in [-0.2, -0.15) is 0 Å². The Morgan fingerprint density at radius 1 is 1.45 bits per heavy atom. The fourth-order valence-corrected chi connectivity index (χ4v) is 2.64. The summed E-state index contributed by atoms with van der Waals surface area (Å²) in [5.41, 5.74) is 1.18. The molecular formula is C14H14F2N2O2. The maximum atomic E-state index is 13.4. The van der Waals surface area contributed by atoms with Crippen LogP contribution in [0.25, 0.3) is 5.52 Å². The maximum Gasteiger partial charge on any atom is 0.267 e. The van der Waals surface area contributed by atoms with Crippen molar-refractivity contribution < 1.29 is 18.7 Å². The van der Waals surface area contributed by atoms with Crippen molar-refractivity contribution >= 4 is 11.4 Å². The van der Waals surface area contributed by atoms with Crippen LogP contribution < -0.4 is 0 Å². The summed E-state index contributed by atoms with van der Waals surface area (Å²) in [6.07, 6.45) is 2.92. The Bertz CT molecular complexity index is 620. The highest BCUT2D eigenvalue weighted by molar-refractivity contribution is 5.96. The van der Waals surface area contributed by atoms with Crippen molar-refractivity contribution in [2.24, 2.45) is 0 Å². The van der Waals surface area contributed by atoms with Crippen LogP contribution in [0.2, 0.25) is 0 Å². The Kier molecular flexibility index (Phi) is 2.97. The SMILES string of the molecule is O=C(c1cc2ccccn2c1)N1CC(F)(F)CC1CO. The van der Waals surface area contributed by atoms with Gasteiger partial charge in [0.2, 0.25) is 0 Å². The van der Waals surface area contributed by atoms with Crippen molar-refractivity contribution in [1.29, 1.82) is 0 Å². The van der Waals surface area contributed by atoms with Crippen molar-refractivity contribution in [3.63, 3.8) is 0 Å². The number of nitrogens with zero attached hydrogens (tertiary/aromatic N) is 2. The number of aromatic nitrogens is 1. The van der Waals surface area contributed by atoms with Gasteiger partial charge in [-0.05, 0) is 18.2 Å². The Morgan fingerprint density at radius 3 is 2.95 bits per heavy atom. The summed E-state index contributed by atoms with van der Waals surface area (Å²) >= 11 is 0. The van der Waals surface area contributed by atoms with Gasteiger partial charge in [-0.25, -0.2) is 8.78 Å². The number of hydrogen-bond acceptors (Lipinski definition) is 2. The molecule has 106 valence electrons. The minimum absolute atomic E-state index is 0.354. The zero-order valence-electron chi connectivity index (χ0n) is 10.7. The van der Waals surface area contributed by atoms with Gasteiger partial charge >= 0.3 is 0 Å². The molecule has 0 spiro atoms. The second kappa shape index (κ2) is 4.56. The molecule has 1 saturated heterocycles. The van der Waals surface area contributed by atoms with Gasteiger partial charge in [-0.1, -0.05) is 6.07 Å². The largest absolute Gasteiger partial charge is 0.394 e. The van der Waals surface area contributed by atoms with E-state index in [1.807, 2.05) is 18.2 Å². The van der Waals surface area contributed by atoms with Crippen molar-refractivity contribution in [3.8, 4) is 0 Å². The van der Waals surface area contributed by atoms with Gasteiger partial charge in [-0.3, -0.25) is 4.79 Å². The summed E-state index contributed by atoms with van der Waals surface area (Å²) in [6.45, 7) is -1.09. The standard InChI is InChI=1S/C14H14F2N2O2/c15-14(16)6-12(8-19)18(9-14)13(20)10-5-11-3-1-2-4-17(11)7-10/h1-5,7,12,19H,6,8-9H2. The number of amides is 1. The normalized spacial score (nSPS) is 21.6. The summed E-state index contributed by atoms with van der Waals surface area (Å²) in [5, 5.41) is 9.17. The predicted molar refractivity (Wildman–Crippen MR) is 68.9 cm³/mol. The Morgan fingerprint density at radius 2 is 2.25 bits per heavy atom. The van der Waals surface area contributed by atoms with E-state index in [0.717, 1.165) is 10.4 Å². The van der Waals surface area contributed by atoms with Gasteiger partial charge in [0.15, 0.2) is 0 Å². The lowest BCUT2D eigenvalue weighted by molar-refractivity contribution is 0.0116. The van der Waals surface area contributed by atoms with Crippen molar-refractivity contribution in [1.82, 2.24) is 9.30 Å². The van der Waals surface area contributed by atoms with E-state index < -0.39 is 37.4 Å². The van der Waals surface area contributed by atoms with E-state index >= 15 is 0 Å². The second-order valence-corrected chi connectivity index (χ2v) is 5.09. The number of carbonyl (C=O) groups excluding carboxylic acids is 1. The van der Waals surface area contributed by atoms with E-state index in [0.29, 0.717) is 5.56 Å².